The Labute approximate surface area is 195 Å². The van der Waals surface area contributed by atoms with Crippen LogP contribution in [0.4, 0.5) is 48.3 Å². The monoisotopic (exact) mass is 523 g/mol. The lowest BCUT2D eigenvalue weighted by Gasteiger charge is -2.35. The first-order valence-electron chi connectivity index (χ1n) is 10.5. The molecule has 2 rings (SSSR count). The average Bonchev–Trinajstić information content (AvgIpc) is 2.77. The molecule has 0 radical (unpaired) electrons. The number of rotatable bonds is 10. The van der Waals surface area contributed by atoms with E-state index in [0.717, 1.165) is 0 Å². The summed E-state index contributed by atoms with van der Waals surface area (Å²) in [6.07, 6.45) is -8.24. The maximum atomic E-state index is 13.2. The van der Waals surface area contributed by atoms with E-state index < -0.39 is 48.3 Å². The van der Waals surface area contributed by atoms with Gasteiger partial charge in [0.15, 0.2) is 0 Å². The van der Waals surface area contributed by atoms with Gasteiger partial charge in [0.25, 0.3) is 0 Å². The summed E-state index contributed by atoms with van der Waals surface area (Å²) in [7, 11) is 0. The summed E-state index contributed by atoms with van der Waals surface area (Å²) in [4.78, 5) is 0. The molecule has 0 aliphatic rings. The quantitative estimate of drug-likeness (QED) is 0.186. The van der Waals surface area contributed by atoms with Crippen LogP contribution in [0.5, 0.6) is 0 Å². The van der Waals surface area contributed by atoms with Gasteiger partial charge >= 0.3 is 30.1 Å². The highest BCUT2D eigenvalue weighted by Gasteiger charge is 2.75. The highest BCUT2D eigenvalue weighted by molar-refractivity contribution is 5.62. The minimum Gasteiger partial charge on any atom is -0.200 e. The topological polar surface area (TPSA) is 12.0 Å². The van der Waals surface area contributed by atoms with Crippen LogP contribution in [0.3, 0.4) is 0 Å². The molecule has 0 aliphatic heterocycles. The molecule has 1 N–H and O–H groups in total. The summed E-state index contributed by atoms with van der Waals surface area (Å²) in [6.45, 7) is 1.64. The SMILES string of the molecule is CCCCCCC(F)(F)C(F)(F)C(F)(F)NC(F)(F)C(F)(F)F.c1ccc(-c2ccccc2)cc1. The Morgan fingerprint density at radius 1 is 0.571 bits per heavy atom. The molecule has 0 aromatic heterocycles. The number of unbranched alkanes of at least 4 members (excludes halogenated alkanes) is 3. The molecule has 2 aromatic carbocycles. The summed E-state index contributed by atoms with van der Waals surface area (Å²) in [5.74, 6) is -11.9. The van der Waals surface area contributed by atoms with E-state index in [9.17, 15) is 48.3 Å². The number of benzene rings is 2. The Morgan fingerprint density at radius 3 is 1.37 bits per heavy atom. The molecule has 0 fully saturated rings. The van der Waals surface area contributed by atoms with E-state index in [0.29, 0.717) is 12.8 Å². The van der Waals surface area contributed by atoms with Crippen molar-refractivity contribution < 1.29 is 48.3 Å². The van der Waals surface area contributed by atoms with Crippen molar-refractivity contribution >= 4 is 0 Å². The molecule has 0 bridgehead atoms. The Morgan fingerprint density at radius 2 is 1.00 bits per heavy atom. The van der Waals surface area contributed by atoms with Crippen LogP contribution in [0.2, 0.25) is 0 Å². The van der Waals surface area contributed by atoms with Gasteiger partial charge in [0.2, 0.25) is 0 Å². The molecular weight excluding hydrogens is 499 g/mol. The lowest BCUT2D eigenvalue weighted by molar-refractivity contribution is -0.370. The summed E-state index contributed by atoms with van der Waals surface area (Å²) < 4.78 is 139. The van der Waals surface area contributed by atoms with Crippen LogP contribution < -0.4 is 5.32 Å². The molecule has 0 atom stereocenters. The number of hydrogen-bond donors (Lipinski definition) is 1. The van der Waals surface area contributed by atoms with Crippen LogP contribution in [0.15, 0.2) is 60.7 Å². The van der Waals surface area contributed by atoms with Crippen molar-refractivity contribution in [2.24, 2.45) is 0 Å². The van der Waals surface area contributed by atoms with Gasteiger partial charge in [-0.15, -0.1) is 0 Å². The summed E-state index contributed by atoms with van der Waals surface area (Å²) in [6, 6.07) is 7.82. The lowest BCUT2D eigenvalue weighted by Crippen LogP contribution is -2.67. The molecule has 0 saturated carbocycles. The number of hydrogen-bond acceptors (Lipinski definition) is 1. The van der Waals surface area contributed by atoms with Crippen LogP contribution in [0.25, 0.3) is 11.1 Å². The van der Waals surface area contributed by atoms with E-state index in [2.05, 4.69) is 48.5 Å². The van der Waals surface area contributed by atoms with Crippen molar-refractivity contribution in [1.29, 1.82) is 0 Å². The van der Waals surface area contributed by atoms with Crippen molar-refractivity contribution in [3.05, 3.63) is 60.7 Å². The van der Waals surface area contributed by atoms with Crippen molar-refractivity contribution in [3.63, 3.8) is 0 Å². The predicted octanol–water partition coefficient (Wildman–Crippen LogP) is 8.92. The molecule has 0 spiro atoms. The third-order valence-electron chi connectivity index (χ3n) is 4.75. The van der Waals surface area contributed by atoms with E-state index in [-0.39, 0.29) is 6.42 Å². The first-order chi connectivity index (χ1) is 16.0. The third-order valence-corrected chi connectivity index (χ3v) is 4.75. The molecule has 35 heavy (non-hydrogen) atoms. The van der Waals surface area contributed by atoms with Crippen LogP contribution in [-0.2, 0) is 0 Å². The lowest BCUT2D eigenvalue weighted by atomic mass is 10.0. The molecule has 12 heteroatoms. The smallest absolute Gasteiger partial charge is 0.200 e. The van der Waals surface area contributed by atoms with E-state index in [1.54, 1.807) is 6.92 Å². The second-order valence-corrected chi connectivity index (χ2v) is 7.59. The zero-order chi connectivity index (χ0) is 27.0. The highest BCUT2D eigenvalue weighted by atomic mass is 19.4. The van der Waals surface area contributed by atoms with E-state index >= 15 is 0 Å². The first-order valence-corrected chi connectivity index (χ1v) is 10.5. The molecule has 0 amide bonds. The second-order valence-electron chi connectivity index (χ2n) is 7.59. The maximum Gasteiger partial charge on any atom is 0.469 e. The van der Waals surface area contributed by atoms with Gasteiger partial charge in [0, 0.05) is 6.42 Å². The normalized spacial score (nSPS) is 13.3. The molecule has 1 nitrogen and oxygen atoms in total. The van der Waals surface area contributed by atoms with Gasteiger partial charge in [0.1, 0.15) is 0 Å². The fraction of sp³-hybridized carbons (Fsp3) is 0.478. The van der Waals surface area contributed by atoms with Gasteiger partial charge in [-0.2, -0.15) is 53.6 Å². The zero-order valence-electron chi connectivity index (χ0n) is 18.5. The van der Waals surface area contributed by atoms with Crippen molar-refractivity contribution in [1.82, 2.24) is 5.32 Å². The predicted molar refractivity (Wildman–Crippen MR) is 110 cm³/mol. The standard InChI is InChI=1S/C12H10.C11H14F11N/c1-3-7-11(8-4-1)12-9-5-2-6-10-12;1-2-3-4-5-6-7(12,13)8(14,15)10(19,20)23-11(21,22)9(16,17)18/h1-10H;23H,2-6H2,1H3. The van der Waals surface area contributed by atoms with E-state index in [1.165, 1.54) is 11.1 Å². The molecular formula is C23H24F11N. The Kier molecular flexibility index (Phi) is 10.6. The zero-order valence-corrected chi connectivity index (χ0v) is 18.5. The third kappa shape index (κ3) is 8.36. The average molecular weight is 523 g/mol. The molecule has 0 aliphatic carbocycles. The van der Waals surface area contributed by atoms with Crippen LogP contribution >= 0.6 is 0 Å². The van der Waals surface area contributed by atoms with Crippen molar-refractivity contribution in [2.75, 3.05) is 0 Å². The number of nitrogens with one attached hydrogen (secondary N) is 1. The number of alkyl halides is 11. The van der Waals surface area contributed by atoms with Gasteiger partial charge in [-0.3, -0.25) is 0 Å². The Hall–Kier alpha value is -2.37. The maximum absolute atomic E-state index is 13.2. The molecule has 0 unspecified atom stereocenters. The molecule has 0 saturated heterocycles. The highest BCUT2D eigenvalue weighted by Crippen LogP contribution is 2.49. The fourth-order valence-corrected chi connectivity index (χ4v) is 2.77. The van der Waals surface area contributed by atoms with Gasteiger partial charge < -0.3 is 0 Å². The summed E-state index contributed by atoms with van der Waals surface area (Å²) in [5.41, 5.74) is 2.55. The van der Waals surface area contributed by atoms with Gasteiger partial charge in [-0.05, 0) is 17.5 Å². The Bertz CT molecular complexity index is 829. The second kappa shape index (κ2) is 12.0. The van der Waals surface area contributed by atoms with Crippen LogP contribution in [-0.4, -0.2) is 30.1 Å². The minimum atomic E-state index is -6.66. The largest absolute Gasteiger partial charge is 0.469 e. The summed E-state index contributed by atoms with van der Waals surface area (Å²) >= 11 is 0. The Balaban J connectivity index is 0.000000420. The van der Waals surface area contributed by atoms with Crippen molar-refractivity contribution in [2.45, 2.75) is 69.1 Å². The van der Waals surface area contributed by atoms with Gasteiger partial charge in [0.05, 0.1) is 0 Å². The minimum absolute atomic E-state index is 0.0140. The number of halogens is 11. The van der Waals surface area contributed by atoms with E-state index in [4.69, 9.17) is 0 Å². The van der Waals surface area contributed by atoms with Crippen LogP contribution in [0, 0.1) is 0 Å². The van der Waals surface area contributed by atoms with Gasteiger partial charge in [-0.1, -0.05) is 86.8 Å². The molecule has 198 valence electrons. The van der Waals surface area contributed by atoms with E-state index in [1.807, 2.05) is 12.1 Å². The van der Waals surface area contributed by atoms with Crippen LogP contribution in [0.1, 0.15) is 39.0 Å². The van der Waals surface area contributed by atoms with Gasteiger partial charge in [-0.25, -0.2) is 0 Å². The summed E-state index contributed by atoms with van der Waals surface area (Å²) in [5, 5.41) is -1.00. The first kappa shape index (κ1) is 30.7. The fourth-order valence-electron chi connectivity index (χ4n) is 2.77. The van der Waals surface area contributed by atoms with Crippen molar-refractivity contribution in [3.8, 4) is 11.1 Å². The molecule has 0 heterocycles. The molecule has 2 aromatic rings.